The van der Waals surface area contributed by atoms with Crippen molar-refractivity contribution in [3.8, 4) is 0 Å². The molecule has 1 aromatic rings. The number of guanidine groups is 1. The molecule has 0 atom stereocenters. The Labute approximate surface area is 120 Å². The van der Waals surface area contributed by atoms with Gasteiger partial charge in [0.05, 0.1) is 22.3 Å². The van der Waals surface area contributed by atoms with Crippen molar-refractivity contribution in [1.29, 1.82) is 0 Å². The number of carbonyl (C=O) groups is 1. The van der Waals surface area contributed by atoms with E-state index in [0.29, 0.717) is 27.9 Å². The van der Waals surface area contributed by atoms with Crippen LogP contribution in [0.15, 0.2) is 17.1 Å². The maximum atomic E-state index is 11.9. The van der Waals surface area contributed by atoms with Gasteiger partial charge >= 0.3 is 0 Å². The first kappa shape index (κ1) is 14.1. The van der Waals surface area contributed by atoms with Crippen molar-refractivity contribution >= 4 is 40.8 Å². The third kappa shape index (κ3) is 2.83. The second kappa shape index (κ2) is 5.77. The second-order valence-corrected chi connectivity index (χ2v) is 4.73. The van der Waals surface area contributed by atoms with Crippen LogP contribution in [0.4, 0.5) is 5.69 Å². The van der Waals surface area contributed by atoms with Gasteiger partial charge in [0.2, 0.25) is 5.96 Å². The molecule has 1 aromatic carbocycles. The van der Waals surface area contributed by atoms with E-state index < -0.39 is 0 Å². The Morgan fingerprint density at radius 2 is 2.26 bits per heavy atom. The van der Waals surface area contributed by atoms with Crippen LogP contribution in [-0.4, -0.2) is 30.0 Å². The Morgan fingerprint density at radius 1 is 1.53 bits per heavy atom. The van der Waals surface area contributed by atoms with Gasteiger partial charge in [0.1, 0.15) is 6.61 Å². The fraction of sp³-hybridized carbons (Fsp3) is 0.333. The van der Waals surface area contributed by atoms with Gasteiger partial charge in [0.25, 0.3) is 5.91 Å². The van der Waals surface area contributed by atoms with Crippen LogP contribution in [-0.2, 0) is 16.1 Å². The van der Waals surface area contributed by atoms with Gasteiger partial charge in [-0.25, -0.2) is 4.99 Å². The largest absolute Gasteiger partial charge is 0.372 e. The summed E-state index contributed by atoms with van der Waals surface area (Å²) in [5.41, 5.74) is 7.10. The van der Waals surface area contributed by atoms with Crippen LogP contribution in [0.3, 0.4) is 0 Å². The average Bonchev–Trinajstić information content (AvgIpc) is 2.40. The first-order chi connectivity index (χ1) is 9.04. The van der Waals surface area contributed by atoms with E-state index in [2.05, 4.69) is 4.99 Å². The highest BCUT2D eigenvalue weighted by molar-refractivity contribution is 6.42. The molecule has 7 heteroatoms. The topological polar surface area (TPSA) is 67.9 Å². The summed E-state index contributed by atoms with van der Waals surface area (Å²) in [5, 5.41) is 0.818. The fourth-order valence-electron chi connectivity index (χ4n) is 1.74. The lowest BCUT2D eigenvalue weighted by Gasteiger charge is -2.27. The average molecular weight is 302 g/mol. The summed E-state index contributed by atoms with van der Waals surface area (Å²) in [7, 11) is 0. The lowest BCUT2D eigenvalue weighted by molar-refractivity contribution is -0.132. The molecule has 19 heavy (non-hydrogen) atoms. The predicted molar refractivity (Wildman–Crippen MR) is 74.8 cm³/mol. The summed E-state index contributed by atoms with van der Waals surface area (Å²) in [4.78, 5) is 17.4. The van der Waals surface area contributed by atoms with E-state index in [9.17, 15) is 4.79 Å². The zero-order valence-electron chi connectivity index (χ0n) is 10.3. The molecule has 0 fully saturated rings. The van der Waals surface area contributed by atoms with Gasteiger partial charge in [-0.2, -0.15) is 0 Å². The van der Waals surface area contributed by atoms with E-state index in [1.165, 1.54) is 4.90 Å². The van der Waals surface area contributed by atoms with Crippen molar-refractivity contribution in [3.63, 3.8) is 0 Å². The number of aliphatic imine (C=N–C) groups is 1. The van der Waals surface area contributed by atoms with Gasteiger partial charge in [0, 0.05) is 12.2 Å². The molecule has 0 saturated carbocycles. The van der Waals surface area contributed by atoms with Crippen molar-refractivity contribution in [3.05, 3.63) is 27.7 Å². The molecule has 0 unspecified atom stereocenters. The van der Waals surface area contributed by atoms with Crippen molar-refractivity contribution < 1.29 is 9.53 Å². The Bertz CT molecular complexity index is 546. The molecule has 0 spiro atoms. The molecule has 2 rings (SSSR count). The van der Waals surface area contributed by atoms with Crippen LogP contribution in [0.2, 0.25) is 10.0 Å². The fourth-order valence-corrected chi connectivity index (χ4v) is 2.14. The lowest BCUT2D eigenvalue weighted by atomic mass is 10.1. The highest BCUT2D eigenvalue weighted by atomic mass is 35.5. The van der Waals surface area contributed by atoms with E-state index >= 15 is 0 Å². The third-order valence-corrected chi connectivity index (χ3v) is 3.57. The van der Waals surface area contributed by atoms with Gasteiger partial charge in [-0.15, -0.1) is 0 Å². The number of nitrogens with zero attached hydrogens (tertiary/aromatic N) is 2. The first-order valence-electron chi connectivity index (χ1n) is 5.73. The summed E-state index contributed by atoms with van der Waals surface area (Å²) in [6.45, 7) is 2.48. The monoisotopic (exact) mass is 301 g/mol. The molecule has 1 heterocycles. The van der Waals surface area contributed by atoms with Crippen LogP contribution in [0.1, 0.15) is 12.5 Å². The number of benzene rings is 1. The first-order valence-corrected chi connectivity index (χ1v) is 6.49. The predicted octanol–water partition coefficient (Wildman–Crippen LogP) is 2.32. The molecule has 0 saturated heterocycles. The number of amides is 1. The van der Waals surface area contributed by atoms with Crippen LogP contribution >= 0.6 is 23.2 Å². The molecule has 0 bridgehead atoms. The summed E-state index contributed by atoms with van der Waals surface area (Å²) in [6, 6.07) is 3.37. The zero-order chi connectivity index (χ0) is 14.0. The Morgan fingerprint density at radius 3 is 2.95 bits per heavy atom. The molecular formula is C12H13Cl2N3O2. The van der Waals surface area contributed by atoms with Gasteiger partial charge in [0.15, 0.2) is 0 Å². The van der Waals surface area contributed by atoms with E-state index in [4.69, 9.17) is 33.7 Å². The van der Waals surface area contributed by atoms with Crippen LogP contribution in [0.5, 0.6) is 0 Å². The summed E-state index contributed by atoms with van der Waals surface area (Å²) in [6.07, 6.45) is 0. The molecular weight excluding hydrogens is 289 g/mol. The molecule has 0 aliphatic carbocycles. The standard InChI is InChI=1S/C12H13Cl2N3O2/c1-2-19-6-10(18)17-5-7-9(16-12(17)15)4-3-8(13)11(7)14/h3-4H,2,5-6H2,1H3,(H2,15,16). The molecule has 102 valence electrons. The van der Waals surface area contributed by atoms with Crippen LogP contribution < -0.4 is 5.73 Å². The molecule has 0 radical (unpaired) electrons. The van der Waals surface area contributed by atoms with E-state index in [-0.39, 0.29) is 25.0 Å². The van der Waals surface area contributed by atoms with Gasteiger partial charge in [-0.05, 0) is 19.1 Å². The minimum atomic E-state index is -0.259. The summed E-state index contributed by atoms with van der Waals surface area (Å²) < 4.78 is 5.08. The number of hydrogen-bond donors (Lipinski definition) is 1. The second-order valence-electron chi connectivity index (χ2n) is 3.95. The van der Waals surface area contributed by atoms with Crippen molar-refractivity contribution in [2.24, 2.45) is 10.7 Å². The highest BCUT2D eigenvalue weighted by Gasteiger charge is 2.25. The number of rotatable bonds is 3. The number of nitrogens with two attached hydrogens (primary N) is 1. The van der Waals surface area contributed by atoms with Crippen molar-refractivity contribution in [2.45, 2.75) is 13.5 Å². The zero-order valence-corrected chi connectivity index (χ0v) is 11.8. The SMILES string of the molecule is CCOCC(=O)N1Cc2c(ccc(Cl)c2Cl)N=C1N. The minimum Gasteiger partial charge on any atom is -0.372 e. The van der Waals surface area contributed by atoms with Crippen LogP contribution in [0.25, 0.3) is 0 Å². The third-order valence-electron chi connectivity index (χ3n) is 2.73. The number of halogens is 2. The van der Waals surface area contributed by atoms with E-state index in [0.717, 1.165) is 0 Å². The van der Waals surface area contributed by atoms with Gasteiger partial charge in [-0.1, -0.05) is 23.2 Å². The molecule has 1 aliphatic heterocycles. The van der Waals surface area contributed by atoms with Gasteiger partial charge in [-0.3, -0.25) is 9.69 Å². The molecule has 1 aliphatic rings. The lowest BCUT2D eigenvalue weighted by Crippen LogP contribution is -2.44. The number of ether oxygens (including phenoxy) is 1. The normalized spacial score (nSPS) is 14.1. The Hall–Kier alpha value is -1.30. The summed E-state index contributed by atoms with van der Waals surface area (Å²) >= 11 is 12.1. The van der Waals surface area contributed by atoms with Crippen molar-refractivity contribution in [1.82, 2.24) is 4.90 Å². The smallest absolute Gasteiger partial charge is 0.255 e. The maximum absolute atomic E-state index is 11.9. The van der Waals surface area contributed by atoms with Crippen LogP contribution in [0, 0.1) is 0 Å². The maximum Gasteiger partial charge on any atom is 0.255 e. The van der Waals surface area contributed by atoms with Gasteiger partial charge < -0.3 is 10.5 Å². The molecule has 2 N–H and O–H groups in total. The van der Waals surface area contributed by atoms with E-state index in [1.807, 2.05) is 6.92 Å². The molecule has 1 amide bonds. The number of fused-ring (bicyclic) bond motifs is 1. The number of carbonyl (C=O) groups excluding carboxylic acids is 1. The number of hydrogen-bond acceptors (Lipinski definition) is 4. The minimum absolute atomic E-state index is 0.0414. The Kier molecular flexibility index (Phi) is 4.29. The molecule has 5 nitrogen and oxygen atoms in total. The highest BCUT2D eigenvalue weighted by Crippen LogP contribution is 2.36. The summed E-state index contributed by atoms with van der Waals surface area (Å²) in [5.74, 6) is -0.125. The Balaban J connectivity index is 2.29. The quantitative estimate of drug-likeness (QED) is 0.931. The van der Waals surface area contributed by atoms with E-state index in [1.54, 1.807) is 12.1 Å². The van der Waals surface area contributed by atoms with Crippen molar-refractivity contribution in [2.75, 3.05) is 13.2 Å². The molecule has 0 aromatic heterocycles.